The second-order valence-corrected chi connectivity index (χ2v) is 5.34. The summed E-state index contributed by atoms with van der Waals surface area (Å²) >= 11 is 0. The zero-order valence-corrected chi connectivity index (χ0v) is 13.3. The summed E-state index contributed by atoms with van der Waals surface area (Å²) < 4.78 is 31.3. The predicted octanol–water partition coefficient (Wildman–Crippen LogP) is 2.87. The Labute approximate surface area is 146 Å². The Morgan fingerprint density at radius 1 is 0.962 bits per heavy atom. The quantitative estimate of drug-likeness (QED) is 0.703. The van der Waals surface area contributed by atoms with Gasteiger partial charge in [0, 0.05) is 23.4 Å². The fourth-order valence-corrected chi connectivity index (χ4v) is 2.20. The van der Waals surface area contributed by atoms with E-state index in [-0.39, 0.29) is 12.2 Å². The van der Waals surface area contributed by atoms with Gasteiger partial charge in [-0.1, -0.05) is 35.5 Å². The van der Waals surface area contributed by atoms with Crippen molar-refractivity contribution in [3.63, 3.8) is 0 Å². The normalized spacial score (nSPS) is 10.4. The molecule has 0 saturated carbocycles. The molecule has 132 valence electrons. The smallest absolute Gasteiger partial charge is 0.313 e. The Morgan fingerprint density at radius 2 is 1.65 bits per heavy atom. The summed E-state index contributed by atoms with van der Waals surface area (Å²) in [7, 11) is 0. The summed E-state index contributed by atoms with van der Waals surface area (Å²) in [6.07, 6.45) is 0. The molecule has 3 aromatic rings. The van der Waals surface area contributed by atoms with Gasteiger partial charge in [0.15, 0.2) is 5.76 Å². The summed E-state index contributed by atoms with van der Waals surface area (Å²) in [6.45, 7) is -0.0659. The number of benzene rings is 2. The number of carbonyl (C=O) groups excluding carboxylic acids is 2. The molecule has 26 heavy (non-hydrogen) atoms. The van der Waals surface area contributed by atoms with Crippen molar-refractivity contribution in [1.82, 2.24) is 10.5 Å². The molecule has 6 nitrogen and oxygen atoms in total. The van der Waals surface area contributed by atoms with Crippen molar-refractivity contribution in [2.45, 2.75) is 6.54 Å². The fourth-order valence-electron chi connectivity index (χ4n) is 2.20. The lowest BCUT2D eigenvalue weighted by Crippen LogP contribution is -2.34. The lowest BCUT2D eigenvalue weighted by atomic mass is 10.1. The topological polar surface area (TPSA) is 84.2 Å². The van der Waals surface area contributed by atoms with E-state index in [2.05, 4.69) is 15.8 Å². The highest BCUT2D eigenvalue weighted by molar-refractivity contribution is 6.39. The lowest BCUT2D eigenvalue weighted by Gasteiger charge is -2.05. The van der Waals surface area contributed by atoms with E-state index >= 15 is 0 Å². The number of rotatable bonds is 4. The van der Waals surface area contributed by atoms with Gasteiger partial charge in [0.25, 0.3) is 0 Å². The van der Waals surface area contributed by atoms with E-state index in [0.717, 1.165) is 17.7 Å². The number of amides is 2. The zero-order chi connectivity index (χ0) is 18.5. The van der Waals surface area contributed by atoms with Crippen LogP contribution in [0, 0.1) is 11.6 Å². The van der Waals surface area contributed by atoms with Crippen molar-refractivity contribution in [3.05, 3.63) is 72.0 Å². The van der Waals surface area contributed by atoms with Crippen LogP contribution in [0.1, 0.15) is 5.76 Å². The molecule has 3 rings (SSSR count). The van der Waals surface area contributed by atoms with Crippen LogP contribution < -0.4 is 10.6 Å². The Kier molecular flexibility index (Phi) is 5.02. The molecule has 0 saturated heterocycles. The van der Waals surface area contributed by atoms with Gasteiger partial charge >= 0.3 is 11.8 Å². The highest BCUT2D eigenvalue weighted by atomic mass is 19.1. The van der Waals surface area contributed by atoms with Gasteiger partial charge in [-0.3, -0.25) is 9.59 Å². The summed E-state index contributed by atoms with van der Waals surface area (Å²) in [4.78, 5) is 23.6. The second-order valence-electron chi connectivity index (χ2n) is 5.34. The molecule has 2 N–H and O–H groups in total. The van der Waals surface area contributed by atoms with E-state index in [4.69, 9.17) is 4.52 Å². The van der Waals surface area contributed by atoms with Crippen LogP contribution in [0.3, 0.4) is 0 Å². The first-order valence-electron chi connectivity index (χ1n) is 7.57. The van der Waals surface area contributed by atoms with Gasteiger partial charge in [-0.05, 0) is 12.1 Å². The molecule has 0 fully saturated rings. The molecular formula is C18H13F2N3O3. The standard InChI is InChI=1S/C18H13F2N3O3/c19-12-6-13(20)8-14(7-12)22-18(25)17(24)21-10-15-9-16(23-26-15)11-4-2-1-3-5-11/h1-9H,10H2,(H,21,24)(H,22,25). The van der Waals surface area contributed by atoms with Crippen LogP contribution in [-0.2, 0) is 16.1 Å². The third-order valence-corrected chi connectivity index (χ3v) is 3.38. The highest BCUT2D eigenvalue weighted by Crippen LogP contribution is 2.18. The molecule has 0 aliphatic heterocycles. The minimum atomic E-state index is -1.06. The van der Waals surface area contributed by atoms with E-state index in [9.17, 15) is 18.4 Å². The minimum Gasteiger partial charge on any atom is -0.359 e. The summed E-state index contributed by atoms with van der Waals surface area (Å²) in [5.74, 6) is -3.42. The van der Waals surface area contributed by atoms with Crippen molar-refractivity contribution < 1.29 is 22.9 Å². The molecule has 0 atom stereocenters. The number of anilines is 1. The Hall–Kier alpha value is -3.55. The number of hydrogen-bond donors (Lipinski definition) is 2. The molecule has 2 amide bonds. The first-order valence-corrected chi connectivity index (χ1v) is 7.57. The van der Waals surface area contributed by atoms with Crippen molar-refractivity contribution >= 4 is 17.5 Å². The van der Waals surface area contributed by atoms with E-state index in [0.29, 0.717) is 17.5 Å². The van der Waals surface area contributed by atoms with Gasteiger partial charge in [0.2, 0.25) is 0 Å². The van der Waals surface area contributed by atoms with Crippen LogP contribution in [0.5, 0.6) is 0 Å². The molecule has 1 heterocycles. The number of aromatic nitrogens is 1. The van der Waals surface area contributed by atoms with Gasteiger partial charge in [-0.25, -0.2) is 8.78 Å². The van der Waals surface area contributed by atoms with Gasteiger partial charge < -0.3 is 15.2 Å². The van der Waals surface area contributed by atoms with E-state index in [1.165, 1.54) is 0 Å². The first kappa shape index (κ1) is 17.3. The maximum absolute atomic E-state index is 13.1. The number of nitrogens with one attached hydrogen (secondary N) is 2. The SMILES string of the molecule is O=C(NCc1cc(-c2ccccc2)no1)C(=O)Nc1cc(F)cc(F)c1. The van der Waals surface area contributed by atoms with Crippen LogP contribution in [0.4, 0.5) is 14.5 Å². The molecule has 0 spiro atoms. The van der Waals surface area contributed by atoms with Gasteiger partial charge in [-0.15, -0.1) is 0 Å². The number of carbonyl (C=O) groups is 2. The summed E-state index contributed by atoms with van der Waals surface area (Å²) in [5.41, 5.74) is 1.28. The Morgan fingerprint density at radius 3 is 2.35 bits per heavy atom. The van der Waals surface area contributed by atoms with E-state index in [1.54, 1.807) is 6.07 Å². The first-order chi connectivity index (χ1) is 12.5. The van der Waals surface area contributed by atoms with Crippen molar-refractivity contribution in [1.29, 1.82) is 0 Å². The summed E-state index contributed by atoms with van der Waals surface area (Å²) in [6, 6.07) is 13.4. The maximum atomic E-state index is 13.1. The molecular weight excluding hydrogens is 344 g/mol. The van der Waals surface area contributed by atoms with Crippen LogP contribution >= 0.6 is 0 Å². The molecule has 1 aromatic heterocycles. The Balaban J connectivity index is 1.57. The number of nitrogens with zero attached hydrogens (tertiary/aromatic N) is 1. The average molecular weight is 357 g/mol. The predicted molar refractivity (Wildman–Crippen MR) is 88.8 cm³/mol. The largest absolute Gasteiger partial charge is 0.359 e. The van der Waals surface area contributed by atoms with Crippen LogP contribution in [-0.4, -0.2) is 17.0 Å². The van der Waals surface area contributed by atoms with Crippen molar-refractivity contribution in [2.24, 2.45) is 0 Å². The molecule has 2 aromatic carbocycles. The van der Waals surface area contributed by atoms with E-state index < -0.39 is 23.4 Å². The van der Waals surface area contributed by atoms with Crippen LogP contribution in [0.15, 0.2) is 59.1 Å². The molecule has 0 radical (unpaired) electrons. The third-order valence-electron chi connectivity index (χ3n) is 3.38. The van der Waals surface area contributed by atoms with Gasteiger partial charge in [-0.2, -0.15) is 0 Å². The molecule has 0 aliphatic carbocycles. The fraction of sp³-hybridized carbons (Fsp3) is 0.0556. The molecule has 0 aliphatic rings. The average Bonchev–Trinajstić information content (AvgIpc) is 3.08. The van der Waals surface area contributed by atoms with Gasteiger partial charge in [0.1, 0.15) is 17.3 Å². The molecule has 0 bridgehead atoms. The van der Waals surface area contributed by atoms with Crippen molar-refractivity contribution in [2.75, 3.05) is 5.32 Å². The van der Waals surface area contributed by atoms with E-state index in [1.807, 2.05) is 30.3 Å². The zero-order valence-electron chi connectivity index (χ0n) is 13.3. The minimum absolute atomic E-state index is 0.0659. The Bertz CT molecular complexity index is 922. The monoisotopic (exact) mass is 357 g/mol. The van der Waals surface area contributed by atoms with Crippen LogP contribution in [0.25, 0.3) is 11.3 Å². The molecule has 0 unspecified atom stereocenters. The summed E-state index contributed by atoms with van der Waals surface area (Å²) in [5, 5.41) is 8.34. The van der Waals surface area contributed by atoms with Crippen molar-refractivity contribution in [3.8, 4) is 11.3 Å². The third kappa shape index (κ3) is 4.29. The molecule has 8 heteroatoms. The maximum Gasteiger partial charge on any atom is 0.313 e. The van der Waals surface area contributed by atoms with Crippen LogP contribution in [0.2, 0.25) is 0 Å². The number of halogens is 2. The van der Waals surface area contributed by atoms with Gasteiger partial charge in [0.05, 0.1) is 6.54 Å². The lowest BCUT2D eigenvalue weighted by molar-refractivity contribution is -0.136. The highest BCUT2D eigenvalue weighted by Gasteiger charge is 2.15. The second kappa shape index (κ2) is 7.56. The number of hydrogen-bond acceptors (Lipinski definition) is 4.